The van der Waals surface area contributed by atoms with Gasteiger partial charge < -0.3 is 8.98 Å². The van der Waals surface area contributed by atoms with E-state index < -0.39 is 0 Å². The molecule has 2 nitrogen and oxygen atoms in total. The Hall–Kier alpha value is -6.64. The largest absolute Gasteiger partial charge is 0.456 e. The molecular weight excluding hydrogens is 619 g/mol. The van der Waals surface area contributed by atoms with Crippen LogP contribution in [0.4, 0.5) is 0 Å². The van der Waals surface area contributed by atoms with Crippen LogP contribution >= 0.6 is 0 Å². The van der Waals surface area contributed by atoms with Gasteiger partial charge in [-0.15, -0.1) is 0 Å². The van der Waals surface area contributed by atoms with Crippen molar-refractivity contribution in [3.8, 4) is 39.1 Å². The van der Waals surface area contributed by atoms with E-state index in [4.69, 9.17) is 4.42 Å². The lowest BCUT2D eigenvalue weighted by Crippen LogP contribution is -1.98. The Bertz CT molecular complexity index is 2970. The number of hydrogen-bond donors (Lipinski definition) is 0. The molecule has 1 aliphatic carbocycles. The Kier molecular flexibility index (Phi) is 6.05. The Morgan fingerprint density at radius 3 is 1.96 bits per heavy atom. The van der Waals surface area contributed by atoms with E-state index in [2.05, 4.69) is 180 Å². The molecule has 2 heterocycles. The van der Waals surface area contributed by atoms with E-state index >= 15 is 0 Å². The molecule has 0 amide bonds. The summed E-state index contributed by atoms with van der Waals surface area (Å²) in [7, 11) is 0. The third kappa shape index (κ3) is 4.30. The van der Waals surface area contributed by atoms with Crippen molar-refractivity contribution in [1.29, 1.82) is 0 Å². The highest BCUT2D eigenvalue weighted by molar-refractivity contribution is 6.18. The van der Waals surface area contributed by atoms with Gasteiger partial charge in [-0.2, -0.15) is 0 Å². The molecule has 11 rings (SSSR count). The van der Waals surface area contributed by atoms with E-state index in [-0.39, 0.29) is 5.92 Å². The van der Waals surface area contributed by atoms with Gasteiger partial charge in [0, 0.05) is 39.2 Å². The van der Waals surface area contributed by atoms with Crippen molar-refractivity contribution in [2.24, 2.45) is 0 Å². The van der Waals surface area contributed by atoms with Gasteiger partial charge in [0.15, 0.2) is 0 Å². The van der Waals surface area contributed by atoms with Crippen molar-refractivity contribution in [1.82, 2.24) is 4.57 Å². The summed E-state index contributed by atoms with van der Waals surface area (Å²) in [5, 5.41) is 4.72. The molecule has 0 fully saturated rings. The van der Waals surface area contributed by atoms with E-state index in [0.29, 0.717) is 0 Å². The minimum atomic E-state index is 0.241. The third-order valence-electron chi connectivity index (χ3n) is 10.9. The molecule has 2 aromatic heterocycles. The lowest BCUT2D eigenvalue weighted by atomic mass is 9.89. The normalized spacial score (nSPS) is 13.7. The first-order chi connectivity index (χ1) is 25.3. The second kappa shape index (κ2) is 10.9. The van der Waals surface area contributed by atoms with Gasteiger partial charge in [-0.25, -0.2) is 0 Å². The Balaban J connectivity index is 1.13. The second-order valence-corrected chi connectivity index (χ2v) is 13.7. The molecule has 0 aliphatic heterocycles. The molecule has 238 valence electrons. The summed E-state index contributed by atoms with van der Waals surface area (Å²) in [5.74, 6) is 0.241. The van der Waals surface area contributed by atoms with E-state index in [1.807, 2.05) is 6.07 Å². The van der Waals surface area contributed by atoms with E-state index in [9.17, 15) is 0 Å². The maximum Gasteiger partial charge on any atom is 0.137 e. The summed E-state index contributed by atoms with van der Waals surface area (Å²) >= 11 is 0. The fourth-order valence-electron chi connectivity index (χ4n) is 8.54. The van der Waals surface area contributed by atoms with Gasteiger partial charge in [-0.1, -0.05) is 133 Å². The van der Waals surface area contributed by atoms with E-state index in [1.54, 1.807) is 0 Å². The van der Waals surface area contributed by atoms with Crippen molar-refractivity contribution >= 4 is 43.7 Å². The van der Waals surface area contributed by atoms with Crippen molar-refractivity contribution in [3.05, 3.63) is 199 Å². The van der Waals surface area contributed by atoms with Crippen molar-refractivity contribution in [2.75, 3.05) is 0 Å². The maximum absolute atomic E-state index is 6.43. The number of benzene rings is 8. The zero-order chi connectivity index (χ0) is 33.5. The second-order valence-electron chi connectivity index (χ2n) is 13.7. The van der Waals surface area contributed by atoms with Crippen LogP contribution in [0.5, 0.6) is 0 Å². The first kappa shape index (κ1) is 28.2. The number of fused-ring (bicyclic) bond motifs is 9. The zero-order valence-electron chi connectivity index (χ0n) is 27.8. The number of aromatic nitrogens is 1. The van der Waals surface area contributed by atoms with Crippen LogP contribution in [0.2, 0.25) is 0 Å². The average Bonchev–Trinajstić information content (AvgIpc) is 3.84. The predicted molar refractivity (Wildman–Crippen MR) is 212 cm³/mol. The summed E-state index contributed by atoms with van der Waals surface area (Å²) in [6, 6.07) is 66.2. The molecule has 0 saturated heterocycles. The molecular formula is C49H31NO. The molecule has 0 radical (unpaired) electrons. The van der Waals surface area contributed by atoms with Crippen molar-refractivity contribution < 1.29 is 4.42 Å². The first-order valence-electron chi connectivity index (χ1n) is 17.6. The summed E-state index contributed by atoms with van der Waals surface area (Å²) in [4.78, 5) is 0. The van der Waals surface area contributed by atoms with E-state index in [0.717, 1.165) is 33.1 Å². The van der Waals surface area contributed by atoms with Crippen molar-refractivity contribution in [3.63, 3.8) is 0 Å². The van der Waals surface area contributed by atoms with Crippen LogP contribution in [0, 0.1) is 0 Å². The number of rotatable bonds is 4. The van der Waals surface area contributed by atoms with Gasteiger partial charge in [0.05, 0.1) is 11.0 Å². The molecule has 2 heteroatoms. The molecule has 0 spiro atoms. The summed E-state index contributed by atoms with van der Waals surface area (Å²) in [5.41, 5.74) is 16.8. The molecule has 1 atom stereocenters. The summed E-state index contributed by atoms with van der Waals surface area (Å²) in [6.07, 6.45) is 0. The predicted octanol–water partition coefficient (Wildman–Crippen LogP) is 13.2. The fraction of sp³-hybridized carbons (Fsp3) is 0.0204. The van der Waals surface area contributed by atoms with Crippen LogP contribution in [0.1, 0.15) is 22.6 Å². The summed E-state index contributed by atoms with van der Waals surface area (Å²) < 4.78 is 8.83. The number of furan rings is 1. The quantitative estimate of drug-likeness (QED) is 0.186. The average molecular weight is 650 g/mol. The lowest BCUT2D eigenvalue weighted by molar-refractivity contribution is 0.669. The first-order valence-corrected chi connectivity index (χ1v) is 17.6. The standard InChI is InChI=1S/C49H31NO/c1-3-12-31(13-4-1)33-16-11-17-36(26-33)50-45-25-23-35(28-42(45)43-29-44-38-19-9-10-21-47(38)51-48(44)30-46(43)50)34-22-24-40-41(27-34)37-18-7-8-20-39(37)49(40)32-14-5-2-6-15-32/h1-30,49H. The Morgan fingerprint density at radius 2 is 1.06 bits per heavy atom. The zero-order valence-corrected chi connectivity index (χ0v) is 27.8. The highest BCUT2D eigenvalue weighted by Crippen LogP contribution is 2.49. The molecule has 8 aromatic carbocycles. The van der Waals surface area contributed by atoms with Crippen LogP contribution in [-0.4, -0.2) is 4.57 Å². The van der Waals surface area contributed by atoms with Gasteiger partial charge in [0.25, 0.3) is 0 Å². The van der Waals surface area contributed by atoms with Gasteiger partial charge in [-0.05, 0) is 92.5 Å². The van der Waals surface area contributed by atoms with Crippen molar-refractivity contribution in [2.45, 2.75) is 5.92 Å². The fourth-order valence-corrected chi connectivity index (χ4v) is 8.54. The topological polar surface area (TPSA) is 18.1 Å². The molecule has 51 heavy (non-hydrogen) atoms. The number of nitrogens with zero attached hydrogens (tertiary/aromatic N) is 1. The minimum absolute atomic E-state index is 0.241. The SMILES string of the molecule is c1ccc(-c2cccc(-n3c4ccc(-c5ccc6c(c5)-c5ccccc5C6c5ccccc5)cc4c4cc5c(cc43)oc3ccccc35)c2)cc1. The molecule has 1 unspecified atom stereocenters. The molecule has 0 saturated carbocycles. The third-order valence-corrected chi connectivity index (χ3v) is 10.9. The highest BCUT2D eigenvalue weighted by Gasteiger charge is 2.30. The van der Waals surface area contributed by atoms with Gasteiger partial charge in [-0.3, -0.25) is 0 Å². The smallest absolute Gasteiger partial charge is 0.137 e. The molecule has 0 N–H and O–H groups in total. The molecule has 0 bridgehead atoms. The highest BCUT2D eigenvalue weighted by atomic mass is 16.3. The van der Waals surface area contributed by atoms with Crippen LogP contribution in [0.15, 0.2) is 186 Å². The van der Waals surface area contributed by atoms with Gasteiger partial charge in [0.1, 0.15) is 11.2 Å². The number of hydrogen-bond acceptors (Lipinski definition) is 1. The molecule has 1 aliphatic rings. The van der Waals surface area contributed by atoms with Crippen LogP contribution in [0.3, 0.4) is 0 Å². The maximum atomic E-state index is 6.43. The van der Waals surface area contributed by atoms with E-state index in [1.165, 1.54) is 66.4 Å². The summed E-state index contributed by atoms with van der Waals surface area (Å²) in [6.45, 7) is 0. The van der Waals surface area contributed by atoms with Gasteiger partial charge >= 0.3 is 0 Å². The van der Waals surface area contributed by atoms with Crippen LogP contribution < -0.4 is 0 Å². The van der Waals surface area contributed by atoms with Crippen LogP contribution in [0.25, 0.3) is 82.8 Å². The number of para-hydroxylation sites is 1. The van der Waals surface area contributed by atoms with Gasteiger partial charge in [0.2, 0.25) is 0 Å². The minimum Gasteiger partial charge on any atom is -0.456 e. The lowest BCUT2D eigenvalue weighted by Gasteiger charge is -2.14. The molecule has 10 aromatic rings. The van der Waals surface area contributed by atoms with Crippen LogP contribution in [-0.2, 0) is 0 Å². The monoisotopic (exact) mass is 649 g/mol. The Labute approximate surface area is 295 Å². The Morgan fingerprint density at radius 1 is 0.373 bits per heavy atom.